The van der Waals surface area contributed by atoms with Crippen molar-refractivity contribution in [2.75, 3.05) is 6.54 Å². The van der Waals surface area contributed by atoms with Crippen molar-refractivity contribution in [1.29, 1.82) is 0 Å². The lowest BCUT2D eigenvalue weighted by Crippen LogP contribution is -2.35. The molecule has 1 aromatic carbocycles. The standard InChI is InChI=1S/C15H22N2O/c1-4-11(3)13-15(18)17(5-2)14(16-13)12-9-7-6-8-10-12/h6-11,13-14,16H,4-5H2,1-3H3. The lowest BCUT2D eigenvalue weighted by Gasteiger charge is -2.22. The Labute approximate surface area is 109 Å². The maximum atomic E-state index is 12.4. The van der Waals surface area contributed by atoms with Crippen molar-refractivity contribution >= 4 is 5.91 Å². The summed E-state index contributed by atoms with van der Waals surface area (Å²) in [7, 11) is 0. The van der Waals surface area contributed by atoms with Gasteiger partial charge in [-0.25, -0.2) is 0 Å². The first-order valence-electron chi connectivity index (χ1n) is 6.80. The maximum Gasteiger partial charge on any atom is 0.241 e. The summed E-state index contributed by atoms with van der Waals surface area (Å²) >= 11 is 0. The van der Waals surface area contributed by atoms with E-state index in [4.69, 9.17) is 0 Å². The van der Waals surface area contributed by atoms with Crippen molar-refractivity contribution in [3.63, 3.8) is 0 Å². The van der Waals surface area contributed by atoms with Gasteiger partial charge in [0.05, 0.1) is 6.04 Å². The maximum absolute atomic E-state index is 12.4. The molecule has 1 heterocycles. The van der Waals surface area contributed by atoms with Crippen LogP contribution < -0.4 is 5.32 Å². The first kappa shape index (κ1) is 13.1. The number of carbonyl (C=O) groups excluding carboxylic acids is 1. The van der Waals surface area contributed by atoms with E-state index in [-0.39, 0.29) is 18.1 Å². The number of carbonyl (C=O) groups is 1. The average Bonchev–Trinajstić information content (AvgIpc) is 2.76. The Morgan fingerprint density at radius 1 is 1.28 bits per heavy atom. The predicted octanol–water partition coefficient (Wildman–Crippen LogP) is 2.55. The minimum absolute atomic E-state index is 0.0303. The molecule has 0 spiro atoms. The summed E-state index contributed by atoms with van der Waals surface area (Å²) in [6, 6.07) is 10.2. The van der Waals surface area contributed by atoms with Crippen LogP contribution in [0.1, 0.15) is 38.9 Å². The largest absolute Gasteiger partial charge is 0.322 e. The minimum Gasteiger partial charge on any atom is -0.322 e. The third-order valence-corrected chi connectivity index (χ3v) is 3.87. The Morgan fingerprint density at radius 2 is 1.94 bits per heavy atom. The zero-order valence-electron chi connectivity index (χ0n) is 11.4. The van der Waals surface area contributed by atoms with E-state index < -0.39 is 0 Å². The summed E-state index contributed by atoms with van der Waals surface area (Å²) in [6.45, 7) is 7.05. The zero-order valence-corrected chi connectivity index (χ0v) is 11.4. The lowest BCUT2D eigenvalue weighted by molar-refractivity contribution is -0.130. The quantitative estimate of drug-likeness (QED) is 0.885. The molecule has 1 aliphatic heterocycles. The van der Waals surface area contributed by atoms with Gasteiger partial charge in [0, 0.05) is 6.54 Å². The van der Waals surface area contributed by atoms with Crippen molar-refractivity contribution in [2.24, 2.45) is 5.92 Å². The smallest absolute Gasteiger partial charge is 0.241 e. The molecule has 1 aliphatic rings. The van der Waals surface area contributed by atoms with Gasteiger partial charge in [-0.2, -0.15) is 0 Å². The molecule has 3 atom stereocenters. The molecule has 3 heteroatoms. The topological polar surface area (TPSA) is 32.3 Å². The van der Waals surface area contributed by atoms with Crippen molar-refractivity contribution in [3.05, 3.63) is 35.9 Å². The van der Waals surface area contributed by atoms with E-state index in [1.807, 2.05) is 30.0 Å². The highest BCUT2D eigenvalue weighted by Gasteiger charge is 2.40. The minimum atomic E-state index is -0.0415. The second-order valence-electron chi connectivity index (χ2n) is 4.97. The van der Waals surface area contributed by atoms with Crippen LogP contribution in [-0.2, 0) is 4.79 Å². The van der Waals surface area contributed by atoms with Crippen molar-refractivity contribution in [1.82, 2.24) is 10.2 Å². The van der Waals surface area contributed by atoms with E-state index in [2.05, 4.69) is 31.3 Å². The van der Waals surface area contributed by atoms with Gasteiger partial charge in [0.2, 0.25) is 5.91 Å². The van der Waals surface area contributed by atoms with Gasteiger partial charge < -0.3 is 4.90 Å². The summed E-state index contributed by atoms with van der Waals surface area (Å²) in [6.07, 6.45) is 1.05. The SMILES string of the molecule is CCC(C)C1NC(c2ccccc2)N(CC)C1=O. The highest BCUT2D eigenvalue weighted by atomic mass is 16.2. The molecule has 3 unspecified atom stereocenters. The Bertz CT molecular complexity index is 404. The molecule has 0 aliphatic carbocycles. The van der Waals surface area contributed by atoms with Crippen LogP contribution in [0.2, 0.25) is 0 Å². The lowest BCUT2D eigenvalue weighted by atomic mass is 9.99. The molecule has 1 N–H and O–H groups in total. The summed E-state index contributed by atoms with van der Waals surface area (Å²) in [5.41, 5.74) is 1.17. The Hall–Kier alpha value is -1.35. The average molecular weight is 246 g/mol. The highest BCUT2D eigenvalue weighted by molar-refractivity contribution is 5.84. The number of benzene rings is 1. The van der Waals surface area contributed by atoms with Crippen LogP contribution in [0.15, 0.2) is 30.3 Å². The van der Waals surface area contributed by atoms with Crippen molar-refractivity contribution in [2.45, 2.75) is 39.4 Å². The monoisotopic (exact) mass is 246 g/mol. The Kier molecular flexibility index (Phi) is 4.02. The van der Waals surface area contributed by atoms with Crippen LogP contribution in [0.25, 0.3) is 0 Å². The Morgan fingerprint density at radius 3 is 2.50 bits per heavy atom. The molecular formula is C15H22N2O. The number of rotatable bonds is 4. The van der Waals surface area contributed by atoms with Gasteiger partial charge in [-0.05, 0) is 18.4 Å². The number of amides is 1. The second-order valence-corrected chi connectivity index (χ2v) is 4.97. The molecule has 1 aromatic rings. The summed E-state index contributed by atoms with van der Waals surface area (Å²) in [4.78, 5) is 14.3. The van der Waals surface area contributed by atoms with Crippen LogP contribution >= 0.6 is 0 Å². The van der Waals surface area contributed by atoms with Gasteiger partial charge in [-0.3, -0.25) is 10.1 Å². The van der Waals surface area contributed by atoms with Gasteiger partial charge in [0.25, 0.3) is 0 Å². The van der Waals surface area contributed by atoms with E-state index in [1.54, 1.807) is 0 Å². The molecule has 98 valence electrons. The van der Waals surface area contributed by atoms with E-state index in [0.717, 1.165) is 13.0 Å². The third-order valence-electron chi connectivity index (χ3n) is 3.87. The molecular weight excluding hydrogens is 224 g/mol. The fraction of sp³-hybridized carbons (Fsp3) is 0.533. The van der Waals surface area contributed by atoms with Gasteiger partial charge in [-0.1, -0.05) is 50.6 Å². The van der Waals surface area contributed by atoms with Gasteiger partial charge in [-0.15, -0.1) is 0 Å². The molecule has 18 heavy (non-hydrogen) atoms. The molecule has 2 rings (SSSR count). The normalized spacial score (nSPS) is 25.5. The highest BCUT2D eigenvalue weighted by Crippen LogP contribution is 2.28. The van der Waals surface area contributed by atoms with Crippen molar-refractivity contribution in [3.8, 4) is 0 Å². The van der Waals surface area contributed by atoms with E-state index in [0.29, 0.717) is 5.92 Å². The summed E-state index contributed by atoms with van der Waals surface area (Å²) in [5, 5.41) is 3.49. The number of likely N-dealkylation sites (N-methyl/N-ethyl adjacent to an activating group) is 1. The first-order valence-corrected chi connectivity index (χ1v) is 6.80. The number of nitrogens with zero attached hydrogens (tertiary/aromatic N) is 1. The molecule has 3 nitrogen and oxygen atoms in total. The Balaban J connectivity index is 2.24. The zero-order chi connectivity index (χ0) is 13.1. The molecule has 1 fully saturated rings. The molecule has 0 aromatic heterocycles. The van der Waals surface area contributed by atoms with E-state index in [1.165, 1.54) is 5.56 Å². The van der Waals surface area contributed by atoms with Gasteiger partial charge >= 0.3 is 0 Å². The number of nitrogens with one attached hydrogen (secondary N) is 1. The summed E-state index contributed by atoms with van der Waals surface area (Å²) < 4.78 is 0. The molecule has 0 bridgehead atoms. The van der Waals surface area contributed by atoms with Crippen LogP contribution in [-0.4, -0.2) is 23.4 Å². The van der Waals surface area contributed by atoms with Gasteiger partial charge in [0.15, 0.2) is 0 Å². The molecule has 0 saturated carbocycles. The fourth-order valence-corrected chi connectivity index (χ4v) is 2.53. The van der Waals surface area contributed by atoms with Gasteiger partial charge in [0.1, 0.15) is 6.17 Å². The number of hydrogen-bond acceptors (Lipinski definition) is 2. The number of hydrogen-bond donors (Lipinski definition) is 1. The molecule has 1 saturated heterocycles. The fourth-order valence-electron chi connectivity index (χ4n) is 2.53. The third kappa shape index (κ3) is 2.27. The molecule has 0 radical (unpaired) electrons. The van der Waals surface area contributed by atoms with Crippen LogP contribution in [0.4, 0.5) is 0 Å². The second kappa shape index (κ2) is 5.53. The van der Waals surface area contributed by atoms with Crippen LogP contribution in [0, 0.1) is 5.92 Å². The van der Waals surface area contributed by atoms with Crippen LogP contribution in [0.5, 0.6) is 0 Å². The van der Waals surface area contributed by atoms with Crippen LogP contribution in [0.3, 0.4) is 0 Å². The summed E-state index contributed by atoms with van der Waals surface area (Å²) in [5.74, 6) is 0.612. The van der Waals surface area contributed by atoms with E-state index in [9.17, 15) is 4.79 Å². The van der Waals surface area contributed by atoms with Crippen molar-refractivity contribution < 1.29 is 4.79 Å². The first-order chi connectivity index (χ1) is 8.69. The predicted molar refractivity (Wildman–Crippen MR) is 72.9 cm³/mol. The molecule has 1 amide bonds. The van der Waals surface area contributed by atoms with E-state index >= 15 is 0 Å².